The van der Waals surface area contributed by atoms with E-state index < -0.39 is 12.1 Å². The van der Waals surface area contributed by atoms with E-state index in [4.69, 9.17) is 18.9 Å². The number of carboxylic acid groups (broad SMARTS) is 1. The number of nitrogens with zero attached hydrogens (tertiary/aromatic N) is 1. The quantitative estimate of drug-likeness (QED) is 0.0694. The van der Waals surface area contributed by atoms with Gasteiger partial charge in [-0.15, -0.1) is 0 Å². The number of nitriles is 1. The number of methoxy groups -OCH3 is 1. The number of benzene rings is 2. The summed E-state index contributed by atoms with van der Waals surface area (Å²) in [5.74, 6) is 1.28. The van der Waals surface area contributed by atoms with E-state index in [-0.39, 0.29) is 17.8 Å². The molecule has 0 saturated carbocycles. The summed E-state index contributed by atoms with van der Waals surface area (Å²) in [7, 11) is 1.57. The maximum absolute atomic E-state index is 11.5. The van der Waals surface area contributed by atoms with Crippen LogP contribution < -0.4 is 18.9 Å². The van der Waals surface area contributed by atoms with Crippen molar-refractivity contribution in [1.82, 2.24) is 0 Å². The first kappa shape index (κ1) is 36.3. The molecule has 44 heavy (non-hydrogen) atoms. The molecule has 7 heteroatoms. The molecule has 2 rings (SSSR count). The molecular weight excluding hydrogens is 554 g/mol. The third-order valence-electron chi connectivity index (χ3n) is 6.99. The number of carbonyl (C=O) groups is 1. The molecule has 0 aromatic heterocycles. The lowest BCUT2D eigenvalue weighted by Gasteiger charge is -2.19. The number of ether oxygens (including phenoxy) is 4. The highest BCUT2D eigenvalue weighted by Crippen LogP contribution is 2.35. The van der Waals surface area contributed by atoms with Crippen molar-refractivity contribution >= 4 is 17.6 Å². The summed E-state index contributed by atoms with van der Waals surface area (Å²) in [5, 5.41) is 19.5. The Labute approximate surface area is 264 Å². The summed E-state index contributed by atoms with van der Waals surface area (Å²) in [6, 6.07) is 13.3. The number of aliphatic carboxylic acids is 1. The van der Waals surface area contributed by atoms with Gasteiger partial charge in [0.25, 0.3) is 0 Å². The molecule has 0 aliphatic carbocycles. The summed E-state index contributed by atoms with van der Waals surface area (Å²) >= 11 is 0. The number of rotatable bonds is 20. The predicted molar refractivity (Wildman–Crippen MR) is 177 cm³/mol. The van der Waals surface area contributed by atoms with Gasteiger partial charge in [-0.3, -0.25) is 0 Å². The molecule has 0 heterocycles. The molecular formula is C37H51NO6. The Hall–Kier alpha value is -3.92. The minimum Gasteiger partial charge on any atom is -0.493 e. The Bertz CT molecular complexity index is 1290. The standard InChI is InChI=1S/C37H51NO6/c1-8-9-10-11-12-13-14-15-16-32(21-28(6)37(39)40)44-33-19-17-29(23-35(33)41-7)22-31(25-38)30-18-20-34(42-26(2)3)36(24-30)43-27(4)5/h17-24,26-27,32H,8-16H2,1-7H3,(H,39,40). The molecule has 0 spiro atoms. The zero-order valence-corrected chi connectivity index (χ0v) is 27.7. The summed E-state index contributed by atoms with van der Waals surface area (Å²) in [6.45, 7) is 11.6. The molecule has 2 aromatic rings. The van der Waals surface area contributed by atoms with Crippen molar-refractivity contribution in [3.8, 4) is 29.1 Å². The van der Waals surface area contributed by atoms with Crippen LogP contribution >= 0.6 is 0 Å². The first-order valence-electron chi connectivity index (χ1n) is 15.9. The molecule has 0 bridgehead atoms. The molecule has 0 saturated heterocycles. The third kappa shape index (κ3) is 12.8. The van der Waals surface area contributed by atoms with Crippen molar-refractivity contribution in [2.45, 2.75) is 118 Å². The summed E-state index contributed by atoms with van der Waals surface area (Å²) in [6.07, 6.45) is 13.2. The highest BCUT2D eigenvalue weighted by Gasteiger charge is 2.16. The molecule has 1 unspecified atom stereocenters. The van der Waals surface area contributed by atoms with Crippen molar-refractivity contribution in [3.63, 3.8) is 0 Å². The SMILES string of the molecule is CCCCCCCCCCC(C=C(C)C(=O)O)Oc1ccc(C=C(C#N)c2ccc(OC(C)C)c(OC(C)C)c2)cc1OC. The van der Waals surface area contributed by atoms with Gasteiger partial charge < -0.3 is 24.1 Å². The van der Waals surface area contributed by atoms with E-state index in [0.717, 1.165) is 18.4 Å². The van der Waals surface area contributed by atoms with Crippen molar-refractivity contribution in [2.75, 3.05) is 7.11 Å². The Balaban J connectivity index is 2.26. The Kier molecular flexibility index (Phi) is 16.0. The van der Waals surface area contributed by atoms with E-state index in [1.54, 1.807) is 32.3 Å². The first-order valence-corrected chi connectivity index (χ1v) is 15.9. The van der Waals surface area contributed by atoms with Crippen LogP contribution in [0.1, 0.15) is 110 Å². The average Bonchev–Trinajstić information content (AvgIpc) is 2.98. The lowest BCUT2D eigenvalue weighted by molar-refractivity contribution is -0.132. The van der Waals surface area contributed by atoms with Crippen molar-refractivity contribution in [1.29, 1.82) is 5.26 Å². The normalized spacial score (nSPS) is 12.6. The maximum Gasteiger partial charge on any atom is 0.331 e. The molecule has 240 valence electrons. The zero-order valence-electron chi connectivity index (χ0n) is 27.7. The highest BCUT2D eigenvalue weighted by molar-refractivity contribution is 5.90. The van der Waals surface area contributed by atoms with E-state index in [1.807, 2.05) is 58.0 Å². The fraction of sp³-hybridized carbons (Fsp3) is 0.514. The average molecular weight is 606 g/mol. The molecule has 7 nitrogen and oxygen atoms in total. The van der Waals surface area contributed by atoms with Gasteiger partial charge in [-0.05, 0) is 101 Å². The second kappa shape index (κ2) is 19.4. The van der Waals surface area contributed by atoms with Gasteiger partial charge in [0.05, 0.1) is 31.0 Å². The van der Waals surface area contributed by atoms with Gasteiger partial charge in [0.2, 0.25) is 0 Å². The lowest BCUT2D eigenvalue weighted by atomic mass is 10.0. The van der Waals surface area contributed by atoms with E-state index in [0.29, 0.717) is 40.6 Å². The molecule has 1 N–H and O–H groups in total. The Morgan fingerprint density at radius 3 is 2.02 bits per heavy atom. The smallest absolute Gasteiger partial charge is 0.331 e. The van der Waals surface area contributed by atoms with E-state index >= 15 is 0 Å². The van der Waals surface area contributed by atoms with E-state index in [2.05, 4.69) is 13.0 Å². The fourth-order valence-corrected chi connectivity index (χ4v) is 4.76. The van der Waals surface area contributed by atoms with Gasteiger partial charge in [-0.2, -0.15) is 5.26 Å². The Morgan fingerprint density at radius 2 is 1.43 bits per heavy atom. The highest BCUT2D eigenvalue weighted by atomic mass is 16.5. The van der Waals surface area contributed by atoms with Gasteiger partial charge in [0.15, 0.2) is 23.0 Å². The number of hydrogen-bond acceptors (Lipinski definition) is 6. The number of hydrogen-bond donors (Lipinski definition) is 1. The number of allylic oxidation sites excluding steroid dienone is 1. The summed E-state index contributed by atoms with van der Waals surface area (Å²) in [5.41, 5.74) is 2.17. The number of unbranched alkanes of at least 4 members (excludes halogenated alkanes) is 7. The van der Waals surface area contributed by atoms with Gasteiger partial charge in [0, 0.05) is 5.57 Å². The van der Waals surface area contributed by atoms with Crippen LogP contribution in [0.5, 0.6) is 23.0 Å². The van der Waals surface area contributed by atoms with Crippen LogP contribution in [0.2, 0.25) is 0 Å². The van der Waals surface area contributed by atoms with Crippen LogP contribution in [0.4, 0.5) is 0 Å². The van der Waals surface area contributed by atoms with Crippen LogP contribution in [0.25, 0.3) is 11.6 Å². The topological polar surface area (TPSA) is 98.0 Å². The molecule has 2 aromatic carbocycles. The molecule has 0 aliphatic heterocycles. The molecule has 0 radical (unpaired) electrons. The van der Waals surface area contributed by atoms with Crippen molar-refractivity contribution in [3.05, 3.63) is 59.2 Å². The second-order valence-corrected chi connectivity index (χ2v) is 11.6. The number of carboxylic acids is 1. The lowest BCUT2D eigenvalue weighted by Crippen LogP contribution is -2.16. The summed E-state index contributed by atoms with van der Waals surface area (Å²) in [4.78, 5) is 11.5. The molecule has 0 fully saturated rings. The zero-order chi connectivity index (χ0) is 32.5. The largest absolute Gasteiger partial charge is 0.493 e. The predicted octanol–water partition coefficient (Wildman–Crippen LogP) is 9.64. The molecule has 1 atom stereocenters. The van der Waals surface area contributed by atoms with Crippen LogP contribution in [0.3, 0.4) is 0 Å². The minimum absolute atomic E-state index is 0.0157. The van der Waals surface area contributed by atoms with Crippen LogP contribution in [0, 0.1) is 11.3 Å². The third-order valence-corrected chi connectivity index (χ3v) is 6.99. The molecule has 0 amide bonds. The van der Waals surface area contributed by atoms with Crippen molar-refractivity contribution < 1.29 is 28.8 Å². The minimum atomic E-state index is -0.961. The van der Waals surface area contributed by atoms with E-state index in [9.17, 15) is 15.2 Å². The van der Waals surface area contributed by atoms with Crippen molar-refractivity contribution in [2.24, 2.45) is 0 Å². The van der Waals surface area contributed by atoms with E-state index in [1.165, 1.54) is 38.5 Å². The van der Waals surface area contributed by atoms with Gasteiger partial charge in [-0.1, -0.05) is 57.9 Å². The van der Waals surface area contributed by atoms with Crippen LogP contribution in [0.15, 0.2) is 48.0 Å². The maximum atomic E-state index is 11.5. The van der Waals surface area contributed by atoms with Crippen LogP contribution in [-0.4, -0.2) is 36.5 Å². The fourth-order valence-electron chi connectivity index (χ4n) is 4.76. The summed E-state index contributed by atoms with van der Waals surface area (Å²) < 4.78 is 23.8. The van der Waals surface area contributed by atoms with Crippen LogP contribution in [-0.2, 0) is 4.79 Å². The molecule has 0 aliphatic rings. The van der Waals surface area contributed by atoms with Gasteiger partial charge in [0.1, 0.15) is 6.10 Å². The van der Waals surface area contributed by atoms with Gasteiger partial charge in [-0.25, -0.2) is 4.79 Å². The van der Waals surface area contributed by atoms with Gasteiger partial charge >= 0.3 is 5.97 Å². The first-order chi connectivity index (χ1) is 21.1. The second-order valence-electron chi connectivity index (χ2n) is 11.6. The monoisotopic (exact) mass is 605 g/mol. The Morgan fingerprint density at radius 1 is 0.841 bits per heavy atom.